The van der Waals surface area contributed by atoms with Gasteiger partial charge in [-0.3, -0.25) is 9.69 Å². The van der Waals surface area contributed by atoms with Crippen LogP contribution in [0.3, 0.4) is 0 Å². The molecule has 1 amide bonds. The number of hydrogen-bond donors (Lipinski definition) is 2. The molecule has 0 radical (unpaired) electrons. The third kappa shape index (κ3) is 6.03. The van der Waals surface area contributed by atoms with Crippen LogP contribution in [-0.2, 0) is 4.79 Å². The topological polar surface area (TPSA) is 58.4 Å². The Bertz CT molecular complexity index is 219. The van der Waals surface area contributed by atoms with E-state index in [4.69, 9.17) is 5.73 Å². The molecule has 0 aliphatic carbocycles. The molecule has 4 heteroatoms. The van der Waals surface area contributed by atoms with Gasteiger partial charge in [0.15, 0.2) is 0 Å². The van der Waals surface area contributed by atoms with Crippen molar-refractivity contribution in [3.63, 3.8) is 0 Å². The third-order valence-electron chi connectivity index (χ3n) is 3.04. The molecular formula is C13H29N3O. The Labute approximate surface area is 106 Å². The van der Waals surface area contributed by atoms with Gasteiger partial charge in [-0.05, 0) is 34.1 Å². The lowest BCUT2D eigenvalue weighted by atomic mass is 10.1. The number of nitrogens with two attached hydrogens (primary N) is 1. The van der Waals surface area contributed by atoms with Gasteiger partial charge < -0.3 is 11.1 Å². The molecule has 0 fully saturated rings. The van der Waals surface area contributed by atoms with Crippen LogP contribution in [0.4, 0.5) is 0 Å². The van der Waals surface area contributed by atoms with Gasteiger partial charge >= 0.3 is 0 Å². The van der Waals surface area contributed by atoms with E-state index in [9.17, 15) is 4.79 Å². The van der Waals surface area contributed by atoms with Crippen molar-refractivity contribution < 1.29 is 4.79 Å². The summed E-state index contributed by atoms with van der Waals surface area (Å²) in [6.07, 6.45) is 2.11. The maximum absolute atomic E-state index is 12.1. The second-order valence-corrected chi connectivity index (χ2v) is 4.99. The average Bonchev–Trinajstić information content (AvgIpc) is 2.24. The maximum Gasteiger partial charge on any atom is 0.237 e. The number of amides is 1. The van der Waals surface area contributed by atoms with Crippen molar-refractivity contribution in [3.8, 4) is 0 Å². The first-order chi connectivity index (χ1) is 7.93. The Morgan fingerprint density at radius 1 is 1.29 bits per heavy atom. The van der Waals surface area contributed by atoms with E-state index >= 15 is 0 Å². The van der Waals surface area contributed by atoms with Crippen molar-refractivity contribution in [1.29, 1.82) is 0 Å². The number of nitrogens with one attached hydrogen (secondary N) is 1. The Morgan fingerprint density at radius 3 is 2.29 bits per heavy atom. The predicted molar refractivity (Wildman–Crippen MR) is 72.9 cm³/mol. The van der Waals surface area contributed by atoms with Gasteiger partial charge in [-0.1, -0.05) is 13.3 Å². The smallest absolute Gasteiger partial charge is 0.237 e. The van der Waals surface area contributed by atoms with Gasteiger partial charge in [0.05, 0.1) is 6.04 Å². The van der Waals surface area contributed by atoms with Gasteiger partial charge in [0.1, 0.15) is 0 Å². The Kier molecular flexibility index (Phi) is 8.17. The van der Waals surface area contributed by atoms with Crippen molar-refractivity contribution >= 4 is 5.91 Å². The number of rotatable bonds is 8. The SMILES string of the molecule is CCCC(C)NC(=O)C(C)N(CCN)C(C)C. The normalized spacial score (nSPS) is 15.1. The molecule has 4 nitrogen and oxygen atoms in total. The van der Waals surface area contributed by atoms with Crippen LogP contribution in [0.5, 0.6) is 0 Å². The van der Waals surface area contributed by atoms with E-state index < -0.39 is 0 Å². The van der Waals surface area contributed by atoms with Crippen molar-refractivity contribution in [2.24, 2.45) is 5.73 Å². The largest absolute Gasteiger partial charge is 0.352 e. The average molecular weight is 243 g/mol. The fourth-order valence-electron chi connectivity index (χ4n) is 2.07. The quantitative estimate of drug-likeness (QED) is 0.676. The van der Waals surface area contributed by atoms with Gasteiger partial charge in [0, 0.05) is 25.2 Å². The zero-order valence-corrected chi connectivity index (χ0v) is 12.0. The van der Waals surface area contributed by atoms with E-state index in [0.717, 1.165) is 19.4 Å². The minimum atomic E-state index is -0.113. The van der Waals surface area contributed by atoms with Crippen LogP contribution in [0.2, 0.25) is 0 Å². The first kappa shape index (κ1) is 16.4. The van der Waals surface area contributed by atoms with Crippen LogP contribution in [0, 0.1) is 0 Å². The second-order valence-electron chi connectivity index (χ2n) is 4.99. The summed E-state index contributed by atoms with van der Waals surface area (Å²) in [6.45, 7) is 11.7. The van der Waals surface area contributed by atoms with Crippen LogP contribution in [-0.4, -0.2) is 42.0 Å². The fourth-order valence-corrected chi connectivity index (χ4v) is 2.07. The molecule has 17 heavy (non-hydrogen) atoms. The first-order valence-electron chi connectivity index (χ1n) is 6.70. The lowest BCUT2D eigenvalue weighted by Gasteiger charge is -2.32. The highest BCUT2D eigenvalue weighted by molar-refractivity contribution is 5.81. The van der Waals surface area contributed by atoms with E-state index in [-0.39, 0.29) is 18.0 Å². The van der Waals surface area contributed by atoms with E-state index in [1.54, 1.807) is 0 Å². The molecule has 0 aromatic carbocycles. The Hall–Kier alpha value is -0.610. The van der Waals surface area contributed by atoms with Crippen LogP contribution < -0.4 is 11.1 Å². The summed E-state index contributed by atoms with van der Waals surface area (Å²) >= 11 is 0. The molecule has 2 unspecified atom stereocenters. The summed E-state index contributed by atoms with van der Waals surface area (Å²) in [4.78, 5) is 14.2. The van der Waals surface area contributed by atoms with Crippen LogP contribution in [0.15, 0.2) is 0 Å². The molecule has 0 aliphatic rings. The fraction of sp³-hybridized carbons (Fsp3) is 0.923. The first-order valence-corrected chi connectivity index (χ1v) is 6.70. The van der Waals surface area contributed by atoms with Crippen molar-refractivity contribution in [2.75, 3.05) is 13.1 Å². The molecule has 0 bridgehead atoms. The molecule has 3 N–H and O–H groups in total. The summed E-state index contributed by atoms with van der Waals surface area (Å²) in [5.41, 5.74) is 5.58. The van der Waals surface area contributed by atoms with Crippen molar-refractivity contribution in [1.82, 2.24) is 10.2 Å². The number of nitrogens with zero attached hydrogens (tertiary/aromatic N) is 1. The summed E-state index contributed by atoms with van der Waals surface area (Å²) in [7, 11) is 0. The number of carbonyl (C=O) groups excluding carboxylic acids is 1. The molecule has 102 valence electrons. The minimum absolute atomic E-state index is 0.105. The highest BCUT2D eigenvalue weighted by Gasteiger charge is 2.23. The molecule has 0 saturated heterocycles. The summed E-state index contributed by atoms with van der Waals surface area (Å²) in [5.74, 6) is 0.105. The molecule has 0 spiro atoms. The van der Waals surface area contributed by atoms with E-state index in [0.29, 0.717) is 12.6 Å². The molecule has 0 saturated carbocycles. The highest BCUT2D eigenvalue weighted by Crippen LogP contribution is 2.06. The number of carbonyl (C=O) groups is 1. The van der Waals surface area contributed by atoms with Crippen LogP contribution in [0.1, 0.15) is 47.5 Å². The Morgan fingerprint density at radius 2 is 1.88 bits per heavy atom. The van der Waals surface area contributed by atoms with Crippen molar-refractivity contribution in [2.45, 2.75) is 65.6 Å². The van der Waals surface area contributed by atoms with E-state index in [2.05, 4.69) is 37.9 Å². The monoisotopic (exact) mass is 243 g/mol. The van der Waals surface area contributed by atoms with Gasteiger partial charge in [-0.15, -0.1) is 0 Å². The molecule has 0 aromatic rings. The van der Waals surface area contributed by atoms with Crippen LogP contribution >= 0.6 is 0 Å². The molecular weight excluding hydrogens is 214 g/mol. The molecule has 0 rings (SSSR count). The predicted octanol–water partition coefficient (Wildman–Crippen LogP) is 1.35. The Balaban J connectivity index is 4.34. The van der Waals surface area contributed by atoms with E-state index in [1.807, 2.05) is 6.92 Å². The lowest BCUT2D eigenvalue weighted by molar-refractivity contribution is -0.127. The second kappa shape index (κ2) is 8.48. The third-order valence-corrected chi connectivity index (χ3v) is 3.04. The van der Waals surface area contributed by atoms with Crippen molar-refractivity contribution in [3.05, 3.63) is 0 Å². The number of hydrogen-bond acceptors (Lipinski definition) is 3. The standard InChI is InChI=1S/C13H29N3O/c1-6-7-11(4)15-13(17)12(5)16(9-8-14)10(2)3/h10-12H,6-9,14H2,1-5H3,(H,15,17). The lowest BCUT2D eigenvalue weighted by Crippen LogP contribution is -2.51. The summed E-state index contributed by atoms with van der Waals surface area (Å²) < 4.78 is 0. The van der Waals surface area contributed by atoms with Gasteiger partial charge in [0.25, 0.3) is 0 Å². The maximum atomic E-state index is 12.1. The van der Waals surface area contributed by atoms with Gasteiger partial charge in [0.2, 0.25) is 5.91 Å². The molecule has 2 atom stereocenters. The minimum Gasteiger partial charge on any atom is -0.352 e. The zero-order chi connectivity index (χ0) is 13.4. The van der Waals surface area contributed by atoms with Gasteiger partial charge in [-0.2, -0.15) is 0 Å². The summed E-state index contributed by atoms with van der Waals surface area (Å²) in [6, 6.07) is 0.473. The van der Waals surface area contributed by atoms with Crippen LogP contribution in [0.25, 0.3) is 0 Å². The zero-order valence-electron chi connectivity index (χ0n) is 12.0. The highest BCUT2D eigenvalue weighted by atomic mass is 16.2. The molecule has 0 aliphatic heterocycles. The van der Waals surface area contributed by atoms with Gasteiger partial charge in [-0.25, -0.2) is 0 Å². The summed E-state index contributed by atoms with van der Waals surface area (Å²) in [5, 5.41) is 3.05. The molecule has 0 heterocycles. The molecule has 0 aromatic heterocycles. The van der Waals surface area contributed by atoms with E-state index in [1.165, 1.54) is 0 Å².